The summed E-state index contributed by atoms with van der Waals surface area (Å²) in [5, 5.41) is 7.51. The summed E-state index contributed by atoms with van der Waals surface area (Å²) in [6.07, 6.45) is 4.93. The Kier molecular flexibility index (Phi) is 5.70. The van der Waals surface area contributed by atoms with Crippen LogP contribution in [0.3, 0.4) is 0 Å². The highest BCUT2D eigenvalue weighted by atomic mass is 32.2. The van der Waals surface area contributed by atoms with E-state index in [-0.39, 0.29) is 0 Å². The first-order valence-corrected chi connectivity index (χ1v) is 8.43. The standard InChI is InChI=1S/C14H25N3OS/c1-10(2)8-19-9-13-16-14(18-17-13)11-6-4-5-7-12(11)15-3/h10-12,15H,4-9H2,1-3H3. The minimum atomic E-state index is 0.398. The van der Waals surface area contributed by atoms with Gasteiger partial charge in [-0.1, -0.05) is 31.8 Å². The smallest absolute Gasteiger partial charge is 0.231 e. The summed E-state index contributed by atoms with van der Waals surface area (Å²) >= 11 is 1.88. The predicted octanol–water partition coefficient (Wildman–Crippen LogP) is 3.20. The number of hydrogen-bond donors (Lipinski definition) is 1. The van der Waals surface area contributed by atoms with Crippen LogP contribution < -0.4 is 5.32 Å². The van der Waals surface area contributed by atoms with Crippen LogP contribution in [0.2, 0.25) is 0 Å². The van der Waals surface area contributed by atoms with Crippen molar-refractivity contribution < 1.29 is 4.52 Å². The molecular weight excluding hydrogens is 258 g/mol. The van der Waals surface area contributed by atoms with Gasteiger partial charge in [-0.25, -0.2) is 0 Å². The molecule has 1 aliphatic rings. The van der Waals surface area contributed by atoms with Crippen LogP contribution >= 0.6 is 11.8 Å². The number of nitrogens with one attached hydrogen (secondary N) is 1. The Morgan fingerprint density at radius 2 is 2.16 bits per heavy atom. The molecule has 0 aromatic carbocycles. The van der Waals surface area contributed by atoms with Crippen molar-refractivity contribution in [2.45, 2.75) is 57.2 Å². The first-order valence-electron chi connectivity index (χ1n) is 7.28. The monoisotopic (exact) mass is 283 g/mol. The maximum atomic E-state index is 5.48. The molecule has 1 aromatic heterocycles. The van der Waals surface area contributed by atoms with E-state index in [1.807, 2.05) is 18.8 Å². The van der Waals surface area contributed by atoms with Gasteiger partial charge in [0.15, 0.2) is 5.82 Å². The zero-order valence-electron chi connectivity index (χ0n) is 12.2. The SMILES string of the molecule is CNC1CCCCC1c1nc(CSCC(C)C)no1. The van der Waals surface area contributed by atoms with Gasteiger partial charge in [-0.05, 0) is 31.6 Å². The van der Waals surface area contributed by atoms with Gasteiger partial charge in [0.1, 0.15) is 0 Å². The third-order valence-corrected chi connectivity index (χ3v) is 4.98. The summed E-state index contributed by atoms with van der Waals surface area (Å²) < 4.78 is 5.48. The van der Waals surface area contributed by atoms with Crippen LogP contribution in [0.4, 0.5) is 0 Å². The fourth-order valence-corrected chi connectivity index (χ4v) is 3.52. The molecule has 4 nitrogen and oxygen atoms in total. The molecule has 2 atom stereocenters. The van der Waals surface area contributed by atoms with Crippen molar-refractivity contribution in [3.05, 3.63) is 11.7 Å². The van der Waals surface area contributed by atoms with Crippen LogP contribution in [0, 0.1) is 5.92 Å². The van der Waals surface area contributed by atoms with E-state index in [4.69, 9.17) is 4.52 Å². The van der Waals surface area contributed by atoms with Gasteiger partial charge < -0.3 is 9.84 Å². The van der Waals surface area contributed by atoms with Crippen molar-refractivity contribution >= 4 is 11.8 Å². The molecule has 0 aliphatic heterocycles. The first kappa shape index (κ1) is 14.9. The minimum Gasteiger partial charge on any atom is -0.339 e. The van der Waals surface area contributed by atoms with E-state index in [9.17, 15) is 0 Å². The summed E-state index contributed by atoms with van der Waals surface area (Å²) in [6.45, 7) is 4.46. The van der Waals surface area contributed by atoms with Gasteiger partial charge in [0.05, 0.1) is 11.7 Å². The van der Waals surface area contributed by atoms with Crippen LogP contribution in [-0.4, -0.2) is 29.0 Å². The number of thioether (sulfide) groups is 1. The van der Waals surface area contributed by atoms with E-state index in [0.29, 0.717) is 17.9 Å². The Bertz CT molecular complexity index is 381. The van der Waals surface area contributed by atoms with Crippen molar-refractivity contribution in [3.63, 3.8) is 0 Å². The molecule has 2 unspecified atom stereocenters. The Morgan fingerprint density at radius 1 is 1.37 bits per heavy atom. The third-order valence-electron chi connectivity index (χ3n) is 3.62. The Hall–Kier alpha value is -0.550. The molecule has 2 rings (SSSR count). The van der Waals surface area contributed by atoms with Crippen molar-refractivity contribution in [2.75, 3.05) is 12.8 Å². The zero-order chi connectivity index (χ0) is 13.7. The maximum absolute atomic E-state index is 5.48. The molecule has 0 spiro atoms. The minimum absolute atomic E-state index is 0.398. The number of rotatable bonds is 6. The van der Waals surface area contributed by atoms with Gasteiger partial charge in [0, 0.05) is 6.04 Å². The molecule has 108 valence electrons. The van der Waals surface area contributed by atoms with Crippen LogP contribution in [0.15, 0.2) is 4.52 Å². The van der Waals surface area contributed by atoms with Gasteiger partial charge in [0.2, 0.25) is 5.89 Å². The molecule has 0 radical (unpaired) electrons. The number of likely N-dealkylation sites (N-methyl/N-ethyl adjacent to an activating group) is 1. The van der Waals surface area contributed by atoms with E-state index in [1.165, 1.54) is 19.3 Å². The average molecular weight is 283 g/mol. The maximum Gasteiger partial charge on any atom is 0.231 e. The highest BCUT2D eigenvalue weighted by Gasteiger charge is 2.29. The number of aromatic nitrogens is 2. The lowest BCUT2D eigenvalue weighted by Crippen LogP contribution is -2.34. The quantitative estimate of drug-likeness (QED) is 0.869. The number of hydrogen-bond acceptors (Lipinski definition) is 5. The Morgan fingerprint density at radius 3 is 2.89 bits per heavy atom. The third kappa shape index (κ3) is 4.21. The van der Waals surface area contributed by atoms with Gasteiger partial charge >= 0.3 is 0 Å². The molecule has 1 N–H and O–H groups in total. The van der Waals surface area contributed by atoms with E-state index in [2.05, 4.69) is 29.3 Å². The van der Waals surface area contributed by atoms with E-state index in [1.54, 1.807) is 0 Å². The van der Waals surface area contributed by atoms with E-state index in [0.717, 1.165) is 29.6 Å². The molecule has 0 bridgehead atoms. The highest BCUT2D eigenvalue weighted by molar-refractivity contribution is 7.98. The Balaban J connectivity index is 1.91. The molecule has 5 heteroatoms. The second-order valence-corrected chi connectivity index (χ2v) is 6.77. The van der Waals surface area contributed by atoms with Crippen LogP contribution in [-0.2, 0) is 5.75 Å². The fraction of sp³-hybridized carbons (Fsp3) is 0.857. The average Bonchev–Trinajstić information content (AvgIpc) is 2.87. The summed E-state index contributed by atoms with van der Waals surface area (Å²) in [5.74, 6) is 4.80. The van der Waals surface area contributed by atoms with Crippen molar-refractivity contribution in [1.29, 1.82) is 0 Å². The van der Waals surface area contributed by atoms with Gasteiger partial charge in [-0.3, -0.25) is 0 Å². The topological polar surface area (TPSA) is 51.0 Å². The van der Waals surface area contributed by atoms with Crippen molar-refractivity contribution in [2.24, 2.45) is 5.92 Å². The van der Waals surface area contributed by atoms with E-state index < -0.39 is 0 Å². The molecule has 0 saturated heterocycles. The highest BCUT2D eigenvalue weighted by Crippen LogP contribution is 2.32. The molecule has 1 aromatic rings. The van der Waals surface area contributed by atoms with Crippen LogP contribution in [0.1, 0.15) is 57.2 Å². The van der Waals surface area contributed by atoms with Crippen molar-refractivity contribution in [1.82, 2.24) is 15.5 Å². The lowest BCUT2D eigenvalue weighted by Gasteiger charge is -2.28. The normalized spacial score (nSPS) is 24.0. The molecule has 1 fully saturated rings. The van der Waals surface area contributed by atoms with Gasteiger partial charge in [-0.15, -0.1) is 0 Å². The first-order chi connectivity index (χ1) is 9.20. The fourth-order valence-electron chi connectivity index (χ4n) is 2.63. The summed E-state index contributed by atoms with van der Waals surface area (Å²) in [4.78, 5) is 4.59. The summed E-state index contributed by atoms with van der Waals surface area (Å²) in [7, 11) is 2.03. The lowest BCUT2D eigenvalue weighted by molar-refractivity contribution is 0.270. The van der Waals surface area contributed by atoms with Crippen LogP contribution in [0.5, 0.6) is 0 Å². The summed E-state index contributed by atoms with van der Waals surface area (Å²) in [6, 6.07) is 0.491. The molecular formula is C14H25N3OS. The molecule has 1 saturated carbocycles. The molecule has 1 aliphatic carbocycles. The molecule has 0 amide bonds. The second kappa shape index (κ2) is 7.29. The predicted molar refractivity (Wildman–Crippen MR) is 79.4 cm³/mol. The summed E-state index contributed by atoms with van der Waals surface area (Å²) in [5.41, 5.74) is 0. The van der Waals surface area contributed by atoms with Gasteiger partial charge in [-0.2, -0.15) is 16.7 Å². The van der Waals surface area contributed by atoms with Crippen molar-refractivity contribution in [3.8, 4) is 0 Å². The van der Waals surface area contributed by atoms with Crippen LogP contribution in [0.25, 0.3) is 0 Å². The Labute approximate surface area is 120 Å². The molecule has 1 heterocycles. The largest absolute Gasteiger partial charge is 0.339 e. The van der Waals surface area contributed by atoms with E-state index >= 15 is 0 Å². The zero-order valence-corrected chi connectivity index (χ0v) is 13.0. The lowest BCUT2D eigenvalue weighted by atomic mass is 9.84. The number of nitrogens with zero attached hydrogens (tertiary/aromatic N) is 2. The molecule has 19 heavy (non-hydrogen) atoms. The van der Waals surface area contributed by atoms with Gasteiger partial charge in [0.25, 0.3) is 0 Å². The second-order valence-electron chi connectivity index (χ2n) is 5.74.